The number of hydrogen-bond donors (Lipinski definition) is 1. The van der Waals surface area contributed by atoms with Crippen molar-refractivity contribution in [2.45, 2.75) is 51.0 Å². The number of ether oxygens (including phenoxy) is 3. The Bertz CT molecular complexity index is 1670. The maximum atomic E-state index is 14.1. The van der Waals surface area contributed by atoms with Crippen molar-refractivity contribution in [1.29, 1.82) is 0 Å². The van der Waals surface area contributed by atoms with Crippen molar-refractivity contribution in [2.24, 2.45) is 5.92 Å². The number of aromatic nitrogens is 3. The quantitative estimate of drug-likeness (QED) is 0.321. The molecule has 3 aromatic heterocycles. The van der Waals surface area contributed by atoms with Crippen molar-refractivity contribution in [3.8, 4) is 16.5 Å². The summed E-state index contributed by atoms with van der Waals surface area (Å²) in [6.07, 6.45) is 3.94. The van der Waals surface area contributed by atoms with Crippen LogP contribution < -0.4 is 16.0 Å². The number of carbonyl (C=O) groups is 1. The molecule has 1 aliphatic carbocycles. The Balaban J connectivity index is 1.54. The van der Waals surface area contributed by atoms with Gasteiger partial charge in [0.1, 0.15) is 22.9 Å². The summed E-state index contributed by atoms with van der Waals surface area (Å²) < 4.78 is 25.9. The second-order valence-electron chi connectivity index (χ2n) is 10.1. The zero-order valence-corrected chi connectivity index (χ0v) is 22.9. The molecule has 3 atom stereocenters. The van der Waals surface area contributed by atoms with Crippen LogP contribution in [-0.2, 0) is 20.8 Å². The molecule has 2 fully saturated rings. The van der Waals surface area contributed by atoms with Gasteiger partial charge >= 0.3 is 11.7 Å². The van der Waals surface area contributed by atoms with E-state index >= 15 is 0 Å². The third kappa shape index (κ3) is 4.65. The fourth-order valence-electron chi connectivity index (χ4n) is 5.45. The lowest BCUT2D eigenvalue weighted by atomic mass is 10.1. The van der Waals surface area contributed by atoms with Crippen LogP contribution in [0.25, 0.3) is 21.0 Å². The third-order valence-electron chi connectivity index (χ3n) is 7.63. The van der Waals surface area contributed by atoms with E-state index in [1.54, 1.807) is 14.0 Å². The molecule has 0 spiro atoms. The topological polar surface area (TPSA) is 135 Å². The SMILES string of the molecule is COc1ccccc1[C@H](Cn1c(=O)n([C@@H]2C[C@H]2C(=O)O)c(=O)c2c(C)c(-c3ncco3)sc21)OC1CCOCC1. The van der Waals surface area contributed by atoms with Crippen LogP contribution in [0.1, 0.15) is 42.5 Å². The van der Waals surface area contributed by atoms with Crippen LogP contribution in [0.2, 0.25) is 0 Å². The van der Waals surface area contributed by atoms with Gasteiger partial charge in [-0.2, -0.15) is 0 Å². The molecule has 210 valence electrons. The summed E-state index contributed by atoms with van der Waals surface area (Å²) in [5, 5.41) is 9.93. The number of aliphatic carboxylic acids is 1. The number of carboxylic acid groups (broad SMARTS) is 1. The van der Waals surface area contributed by atoms with Crippen LogP contribution in [-0.4, -0.2) is 51.6 Å². The Labute approximate surface area is 232 Å². The van der Waals surface area contributed by atoms with E-state index in [9.17, 15) is 19.5 Å². The number of carboxylic acids is 1. The molecule has 0 amide bonds. The van der Waals surface area contributed by atoms with Crippen molar-refractivity contribution in [3.05, 3.63) is 68.7 Å². The van der Waals surface area contributed by atoms with Gasteiger partial charge in [-0.25, -0.2) is 9.78 Å². The van der Waals surface area contributed by atoms with E-state index in [4.69, 9.17) is 18.6 Å². The zero-order chi connectivity index (χ0) is 28.0. The summed E-state index contributed by atoms with van der Waals surface area (Å²) in [7, 11) is 1.58. The minimum absolute atomic E-state index is 0.0861. The number of hydrogen-bond acceptors (Lipinski definition) is 9. The Hall–Kier alpha value is -3.74. The molecule has 0 unspecified atom stereocenters. The number of nitrogens with zero attached hydrogens (tertiary/aromatic N) is 3. The molecule has 1 N–H and O–H groups in total. The van der Waals surface area contributed by atoms with Crippen molar-refractivity contribution in [1.82, 2.24) is 14.1 Å². The maximum absolute atomic E-state index is 14.1. The van der Waals surface area contributed by atoms with Gasteiger partial charge in [-0.15, -0.1) is 11.3 Å². The fraction of sp³-hybridized carbons (Fsp3) is 0.429. The lowest BCUT2D eigenvalue weighted by molar-refractivity contribution is -0.138. The van der Waals surface area contributed by atoms with Gasteiger partial charge in [-0.1, -0.05) is 18.2 Å². The number of fused-ring (bicyclic) bond motifs is 1. The maximum Gasteiger partial charge on any atom is 0.332 e. The van der Waals surface area contributed by atoms with Crippen LogP contribution in [0.15, 0.2) is 50.7 Å². The molecule has 0 bridgehead atoms. The highest BCUT2D eigenvalue weighted by Gasteiger charge is 2.47. The van der Waals surface area contributed by atoms with Gasteiger partial charge in [-0.3, -0.25) is 18.7 Å². The van der Waals surface area contributed by atoms with Gasteiger partial charge < -0.3 is 23.7 Å². The first-order valence-electron chi connectivity index (χ1n) is 13.2. The van der Waals surface area contributed by atoms with E-state index in [0.29, 0.717) is 58.4 Å². The monoisotopic (exact) mass is 567 g/mol. The van der Waals surface area contributed by atoms with Gasteiger partial charge in [0.25, 0.3) is 5.56 Å². The summed E-state index contributed by atoms with van der Waals surface area (Å²) in [6, 6.07) is 6.78. The van der Waals surface area contributed by atoms with E-state index in [2.05, 4.69) is 4.98 Å². The van der Waals surface area contributed by atoms with Gasteiger partial charge in [0.15, 0.2) is 0 Å². The first-order valence-corrected chi connectivity index (χ1v) is 14.0. The van der Waals surface area contributed by atoms with Crippen LogP contribution in [0.5, 0.6) is 5.75 Å². The molecule has 40 heavy (non-hydrogen) atoms. The molecule has 1 aromatic carbocycles. The second-order valence-corrected chi connectivity index (χ2v) is 11.1. The Kier molecular flexibility index (Phi) is 7.07. The van der Waals surface area contributed by atoms with Gasteiger partial charge in [0, 0.05) is 18.8 Å². The number of oxazole rings is 1. The average Bonchev–Trinajstić information content (AvgIpc) is 3.40. The summed E-state index contributed by atoms with van der Waals surface area (Å²) in [5.74, 6) is -0.850. The molecule has 4 heterocycles. The standard InChI is InChI=1S/C28H29N3O8S/c1-15-22-25(32)31(19-13-18(19)27(33)34)28(35)30(26(22)40-23(15)24-29-9-12-38-24)14-21(39-16-7-10-37-11-8-16)17-5-3-4-6-20(17)36-2/h3-6,9,12,16,18-19,21H,7-8,10-11,13-14H2,1-2H3,(H,33,34)/t18-,19-,21+/m1/s1. The second kappa shape index (κ2) is 10.7. The number of rotatable bonds is 9. The predicted molar refractivity (Wildman–Crippen MR) is 146 cm³/mol. The number of aryl methyl sites for hydroxylation is 1. The smallest absolute Gasteiger partial charge is 0.332 e. The van der Waals surface area contributed by atoms with E-state index in [0.717, 1.165) is 10.1 Å². The third-order valence-corrected chi connectivity index (χ3v) is 8.94. The molecule has 12 heteroatoms. The highest BCUT2D eigenvalue weighted by atomic mass is 32.1. The molecule has 0 radical (unpaired) electrons. The molecule has 11 nitrogen and oxygen atoms in total. The highest BCUT2D eigenvalue weighted by Crippen LogP contribution is 2.43. The number of benzene rings is 1. The van der Waals surface area contributed by atoms with E-state index < -0.39 is 35.3 Å². The molecule has 1 aliphatic heterocycles. The normalized spacial score (nSPS) is 20.1. The highest BCUT2D eigenvalue weighted by molar-refractivity contribution is 7.22. The molecule has 1 saturated carbocycles. The molecule has 2 aliphatic rings. The van der Waals surface area contributed by atoms with E-state index in [-0.39, 0.29) is 19.1 Å². The summed E-state index contributed by atoms with van der Waals surface area (Å²) >= 11 is 1.25. The van der Waals surface area contributed by atoms with Gasteiger partial charge in [0.2, 0.25) is 5.89 Å². The number of thiophene rings is 1. The van der Waals surface area contributed by atoms with Crippen LogP contribution in [0.4, 0.5) is 0 Å². The summed E-state index contributed by atoms with van der Waals surface area (Å²) in [6.45, 7) is 3.04. The average molecular weight is 568 g/mol. The van der Waals surface area contributed by atoms with Crippen molar-refractivity contribution in [2.75, 3.05) is 20.3 Å². The van der Waals surface area contributed by atoms with E-state index in [1.807, 2.05) is 24.3 Å². The summed E-state index contributed by atoms with van der Waals surface area (Å²) in [5.41, 5.74) is 0.324. The van der Waals surface area contributed by atoms with Crippen LogP contribution in [0, 0.1) is 12.8 Å². The van der Waals surface area contributed by atoms with Crippen molar-refractivity contribution < 1.29 is 28.5 Å². The Morgan fingerprint density at radius 2 is 2.02 bits per heavy atom. The van der Waals surface area contributed by atoms with Crippen molar-refractivity contribution in [3.63, 3.8) is 0 Å². The minimum Gasteiger partial charge on any atom is -0.496 e. The molecule has 4 aromatic rings. The first kappa shape index (κ1) is 26.5. The van der Waals surface area contributed by atoms with Crippen molar-refractivity contribution >= 4 is 27.5 Å². The number of para-hydroxylation sites is 1. The van der Waals surface area contributed by atoms with Gasteiger partial charge in [-0.05, 0) is 37.8 Å². The molecule has 6 rings (SSSR count). The Morgan fingerprint density at radius 1 is 1.25 bits per heavy atom. The minimum atomic E-state index is -1.03. The predicted octanol–water partition coefficient (Wildman–Crippen LogP) is 3.78. The first-order chi connectivity index (χ1) is 19.4. The lowest BCUT2D eigenvalue weighted by Crippen LogP contribution is -2.41. The largest absolute Gasteiger partial charge is 0.496 e. The number of methoxy groups -OCH3 is 1. The fourth-order valence-corrected chi connectivity index (χ4v) is 6.69. The summed E-state index contributed by atoms with van der Waals surface area (Å²) in [4.78, 5) is 44.9. The zero-order valence-electron chi connectivity index (χ0n) is 22.1. The van der Waals surface area contributed by atoms with Crippen LogP contribution >= 0.6 is 11.3 Å². The van der Waals surface area contributed by atoms with Gasteiger partial charge in [0.05, 0.1) is 48.2 Å². The molecule has 1 saturated heterocycles. The van der Waals surface area contributed by atoms with Crippen LogP contribution in [0.3, 0.4) is 0 Å². The molecular formula is C28H29N3O8S. The Morgan fingerprint density at radius 3 is 2.70 bits per heavy atom. The molecular weight excluding hydrogens is 538 g/mol. The van der Waals surface area contributed by atoms with E-state index in [1.165, 1.54) is 28.4 Å². The lowest BCUT2D eigenvalue weighted by Gasteiger charge is -2.29.